The monoisotopic (exact) mass is 318 g/mol. The minimum absolute atomic E-state index is 0.00298. The second-order valence-electron chi connectivity index (χ2n) is 5.80. The smallest absolute Gasteiger partial charge is 0.225 e. The molecule has 0 amide bonds. The van der Waals surface area contributed by atoms with Crippen molar-refractivity contribution in [3.8, 4) is 5.75 Å². The lowest BCUT2D eigenvalue weighted by molar-refractivity contribution is 0.102. The summed E-state index contributed by atoms with van der Waals surface area (Å²) in [5.74, 6) is 0.784. The van der Waals surface area contributed by atoms with E-state index in [1.165, 1.54) is 0 Å². The fourth-order valence-electron chi connectivity index (χ4n) is 3.24. The highest BCUT2D eigenvalue weighted by molar-refractivity contribution is 6.11. The molecule has 0 bridgehead atoms. The maximum absolute atomic E-state index is 13.0. The van der Waals surface area contributed by atoms with Crippen LogP contribution in [0.4, 0.5) is 0 Å². The molecule has 0 radical (unpaired) electrons. The second kappa shape index (κ2) is 5.57. The van der Waals surface area contributed by atoms with Crippen molar-refractivity contribution in [1.29, 1.82) is 0 Å². The summed E-state index contributed by atoms with van der Waals surface area (Å²) >= 11 is 0. The van der Waals surface area contributed by atoms with Gasteiger partial charge in [-0.1, -0.05) is 18.2 Å². The molecule has 0 saturated heterocycles. The first-order valence-corrected chi connectivity index (χ1v) is 8.01. The minimum Gasteiger partial charge on any atom is -0.497 e. The standard InChI is InChI=1S/C20H18N2O2/c1-3-22-18-7-5-4-6-13(18)12-19(22)20(23)17-11-14-10-15(24-2)8-9-16(14)21-17/h4-12,21H,3H2,1-2H3. The molecular weight excluding hydrogens is 300 g/mol. The number of ether oxygens (including phenoxy) is 1. The first kappa shape index (κ1) is 14.6. The molecule has 0 spiro atoms. The van der Waals surface area contributed by atoms with Crippen LogP contribution in [0, 0.1) is 0 Å². The van der Waals surface area contributed by atoms with Gasteiger partial charge in [0.1, 0.15) is 5.75 Å². The number of methoxy groups -OCH3 is 1. The van der Waals surface area contributed by atoms with Crippen LogP contribution in [-0.4, -0.2) is 22.4 Å². The molecule has 0 aliphatic heterocycles. The SMILES string of the molecule is CCn1c(C(=O)c2cc3cc(OC)ccc3[nH]2)cc2ccccc21. The molecule has 1 N–H and O–H groups in total. The number of benzene rings is 2. The van der Waals surface area contributed by atoms with Gasteiger partial charge in [0.15, 0.2) is 0 Å². The number of H-pyrrole nitrogens is 1. The molecule has 120 valence electrons. The lowest BCUT2D eigenvalue weighted by Gasteiger charge is -2.06. The van der Waals surface area contributed by atoms with Crippen LogP contribution in [0.2, 0.25) is 0 Å². The van der Waals surface area contributed by atoms with Crippen LogP contribution in [-0.2, 0) is 6.54 Å². The molecule has 0 saturated carbocycles. The Morgan fingerprint density at radius 3 is 2.71 bits per heavy atom. The number of aryl methyl sites for hydroxylation is 1. The van der Waals surface area contributed by atoms with E-state index in [4.69, 9.17) is 4.74 Å². The number of hydrogen-bond acceptors (Lipinski definition) is 2. The first-order chi connectivity index (χ1) is 11.7. The van der Waals surface area contributed by atoms with Crippen molar-refractivity contribution in [1.82, 2.24) is 9.55 Å². The molecule has 4 heteroatoms. The van der Waals surface area contributed by atoms with Gasteiger partial charge in [0.25, 0.3) is 0 Å². The molecule has 24 heavy (non-hydrogen) atoms. The van der Waals surface area contributed by atoms with Gasteiger partial charge in [-0.15, -0.1) is 0 Å². The third-order valence-corrected chi connectivity index (χ3v) is 4.43. The number of aromatic amines is 1. The molecule has 2 heterocycles. The number of ketones is 1. The van der Waals surface area contributed by atoms with Crippen LogP contribution >= 0.6 is 0 Å². The summed E-state index contributed by atoms with van der Waals surface area (Å²) in [5.41, 5.74) is 3.31. The van der Waals surface area contributed by atoms with Crippen LogP contribution < -0.4 is 4.74 Å². The van der Waals surface area contributed by atoms with E-state index < -0.39 is 0 Å². The van der Waals surface area contributed by atoms with E-state index in [0.717, 1.165) is 34.1 Å². The predicted octanol–water partition coefficient (Wildman–Crippen LogP) is 4.38. The summed E-state index contributed by atoms with van der Waals surface area (Å²) < 4.78 is 7.31. The van der Waals surface area contributed by atoms with E-state index in [1.807, 2.05) is 54.6 Å². The van der Waals surface area contributed by atoms with Crippen molar-refractivity contribution in [2.45, 2.75) is 13.5 Å². The Morgan fingerprint density at radius 1 is 1.08 bits per heavy atom. The summed E-state index contributed by atoms with van der Waals surface area (Å²) in [7, 11) is 1.64. The van der Waals surface area contributed by atoms with Gasteiger partial charge in [-0.25, -0.2) is 0 Å². The lowest BCUT2D eigenvalue weighted by atomic mass is 10.2. The zero-order valence-electron chi connectivity index (χ0n) is 13.7. The molecule has 2 aromatic heterocycles. The number of para-hydroxylation sites is 1. The second-order valence-corrected chi connectivity index (χ2v) is 5.80. The van der Waals surface area contributed by atoms with Crippen molar-refractivity contribution in [2.24, 2.45) is 0 Å². The van der Waals surface area contributed by atoms with E-state index in [2.05, 4.69) is 16.5 Å². The summed E-state index contributed by atoms with van der Waals surface area (Å²) in [4.78, 5) is 16.3. The average Bonchev–Trinajstić information content (AvgIpc) is 3.21. The Labute approximate surface area is 139 Å². The topological polar surface area (TPSA) is 47.0 Å². The predicted molar refractivity (Wildman–Crippen MR) is 95.9 cm³/mol. The Morgan fingerprint density at radius 2 is 1.92 bits per heavy atom. The summed E-state index contributed by atoms with van der Waals surface area (Å²) in [5, 5.41) is 2.05. The molecule has 0 aliphatic carbocycles. The van der Waals surface area contributed by atoms with Gasteiger partial charge >= 0.3 is 0 Å². The zero-order chi connectivity index (χ0) is 16.7. The molecule has 2 aromatic carbocycles. The molecular formula is C20H18N2O2. The minimum atomic E-state index is 0.00298. The normalized spacial score (nSPS) is 11.2. The number of carbonyl (C=O) groups excluding carboxylic acids is 1. The van der Waals surface area contributed by atoms with Crippen molar-refractivity contribution in [2.75, 3.05) is 7.11 Å². The number of rotatable bonds is 4. The van der Waals surface area contributed by atoms with Crippen molar-refractivity contribution >= 4 is 27.6 Å². The van der Waals surface area contributed by atoms with Crippen LogP contribution in [0.3, 0.4) is 0 Å². The van der Waals surface area contributed by atoms with Crippen molar-refractivity contribution in [3.05, 3.63) is 66.0 Å². The first-order valence-electron chi connectivity index (χ1n) is 8.01. The number of hydrogen-bond donors (Lipinski definition) is 1. The average molecular weight is 318 g/mol. The van der Waals surface area contributed by atoms with Gasteiger partial charge < -0.3 is 14.3 Å². The van der Waals surface area contributed by atoms with Gasteiger partial charge in [0.2, 0.25) is 5.78 Å². The van der Waals surface area contributed by atoms with E-state index in [-0.39, 0.29) is 5.78 Å². The van der Waals surface area contributed by atoms with Crippen LogP contribution in [0.25, 0.3) is 21.8 Å². The Hall–Kier alpha value is -3.01. The molecule has 0 atom stereocenters. The van der Waals surface area contributed by atoms with E-state index in [0.29, 0.717) is 11.4 Å². The van der Waals surface area contributed by atoms with Crippen LogP contribution in [0.5, 0.6) is 5.75 Å². The molecule has 4 rings (SSSR count). The van der Waals surface area contributed by atoms with E-state index in [9.17, 15) is 4.79 Å². The summed E-state index contributed by atoms with van der Waals surface area (Å²) in [6.45, 7) is 2.81. The summed E-state index contributed by atoms with van der Waals surface area (Å²) in [6, 6.07) is 17.7. The molecule has 0 aliphatic rings. The van der Waals surface area contributed by atoms with Crippen molar-refractivity contribution in [3.63, 3.8) is 0 Å². The Balaban J connectivity index is 1.84. The molecule has 4 aromatic rings. The fourth-order valence-corrected chi connectivity index (χ4v) is 3.24. The van der Waals surface area contributed by atoms with Crippen molar-refractivity contribution < 1.29 is 9.53 Å². The van der Waals surface area contributed by atoms with Gasteiger partial charge in [-0.05, 0) is 43.3 Å². The molecule has 0 unspecified atom stereocenters. The van der Waals surface area contributed by atoms with Crippen LogP contribution in [0.1, 0.15) is 23.1 Å². The van der Waals surface area contributed by atoms with Crippen LogP contribution in [0.15, 0.2) is 54.6 Å². The highest BCUT2D eigenvalue weighted by Crippen LogP contribution is 2.25. The lowest BCUT2D eigenvalue weighted by Crippen LogP contribution is -2.09. The summed E-state index contributed by atoms with van der Waals surface area (Å²) in [6.07, 6.45) is 0. The maximum atomic E-state index is 13.0. The van der Waals surface area contributed by atoms with Gasteiger partial charge in [-0.2, -0.15) is 0 Å². The highest BCUT2D eigenvalue weighted by Gasteiger charge is 2.18. The van der Waals surface area contributed by atoms with E-state index >= 15 is 0 Å². The third-order valence-electron chi connectivity index (χ3n) is 4.43. The quantitative estimate of drug-likeness (QED) is 0.568. The largest absolute Gasteiger partial charge is 0.497 e. The fraction of sp³-hybridized carbons (Fsp3) is 0.150. The van der Waals surface area contributed by atoms with Gasteiger partial charge in [0, 0.05) is 28.4 Å². The number of fused-ring (bicyclic) bond motifs is 2. The molecule has 4 nitrogen and oxygen atoms in total. The highest BCUT2D eigenvalue weighted by atomic mass is 16.5. The number of nitrogens with one attached hydrogen (secondary N) is 1. The Bertz CT molecular complexity index is 1060. The number of carbonyl (C=O) groups is 1. The van der Waals surface area contributed by atoms with Gasteiger partial charge in [0.05, 0.1) is 18.5 Å². The van der Waals surface area contributed by atoms with Gasteiger partial charge in [-0.3, -0.25) is 4.79 Å². The zero-order valence-corrected chi connectivity index (χ0v) is 13.7. The maximum Gasteiger partial charge on any atom is 0.225 e. The molecule has 0 fully saturated rings. The van der Waals surface area contributed by atoms with E-state index in [1.54, 1.807) is 7.11 Å². The number of aromatic nitrogens is 2. The number of nitrogens with zero attached hydrogens (tertiary/aromatic N) is 1. The third kappa shape index (κ3) is 2.19. The Kier molecular flexibility index (Phi) is 3.38.